The molecule has 0 amide bonds. The van der Waals surface area contributed by atoms with E-state index in [2.05, 4.69) is 4.98 Å². The number of fused-ring (bicyclic) bond motifs is 1. The number of hydrogen-bond donors (Lipinski definition) is 2. The highest BCUT2D eigenvalue weighted by Gasteiger charge is 2.46. The zero-order chi connectivity index (χ0) is 17.6. The summed E-state index contributed by atoms with van der Waals surface area (Å²) in [6.07, 6.45) is 0. The smallest absolute Gasteiger partial charge is 0.317 e. The number of nitro groups is 1. The van der Waals surface area contributed by atoms with Crippen LogP contribution in [0, 0.1) is 15.9 Å². The third kappa shape index (κ3) is 3.05. The number of sulfonamides is 1. The summed E-state index contributed by atoms with van der Waals surface area (Å²) in [5.74, 6) is -2.63. The number of aromatic nitrogens is 2. The van der Waals surface area contributed by atoms with Crippen LogP contribution in [-0.4, -0.2) is 28.8 Å². The van der Waals surface area contributed by atoms with Gasteiger partial charge < -0.3 is 4.98 Å². The average molecular weight is 356 g/mol. The number of benzene rings is 1. The summed E-state index contributed by atoms with van der Waals surface area (Å²) < 4.78 is 72.9. The van der Waals surface area contributed by atoms with Gasteiger partial charge in [0.15, 0.2) is 0 Å². The SMILES string of the molecule is O=c1[nH]c2cc([N+](=O)[O-])c(F)cc2nc1NS(=O)(=O)C(F)(F)F. The quantitative estimate of drug-likeness (QED) is 0.482. The third-order valence-electron chi connectivity index (χ3n) is 2.49. The zero-order valence-electron chi connectivity index (χ0n) is 10.5. The second kappa shape index (κ2) is 5.15. The first-order chi connectivity index (χ1) is 10.4. The molecule has 124 valence electrons. The molecular formula is C9H4F4N4O5S. The van der Waals surface area contributed by atoms with Crippen molar-refractivity contribution in [3.05, 3.63) is 38.4 Å². The fourth-order valence-corrected chi connectivity index (χ4v) is 2.00. The molecule has 2 aromatic rings. The van der Waals surface area contributed by atoms with Crippen molar-refractivity contribution in [3.8, 4) is 0 Å². The zero-order valence-corrected chi connectivity index (χ0v) is 11.3. The fourth-order valence-electron chi connectivity index (χ4n) is 1.49. The molecule has 0 bridgehead atoms. The molecule has 0 aliphatic heterocycles. The molecular weight excluding hydrogens is 352 g/mol. The first kappa shape index (κ1) is 16.6. The van der Waals surface area contributed by atoms with Gasteiger partial charge in [-0.1, -0.05) is 0 Å². The molecule has 23 heavy (non-hydrogen) atoms. The van der Waals surface area contributed by atoms with Crippen molar-refractivity contribution < 1.29 is 30.9 Å². The van der Waals surface area contributed by atoms with Crippen LogP contribution >= 0.6 is 0 Å². The Kier molecular flexibility index (Phi) is 3.72. The van der Waals surface area contributed by atoms with E-state index in [0.29, 0.717) is 12.1 Å². The Morgan fingerprint density at radius 3 is 2.43 bits per heavy atom. The van der Waals surface area contributed by atoms with Crippen molar-refractivity contribution >= 4 is 32.6 Å². The maximum absolute atomic E-state index is 13.4. The molecule has 2 N–H and O–H groups in total. The predicted molar refractivity (Wildman–Crippen MR) is 67.6 cm³/mol. The van der Waals surface area contributed by atoms with Crippen molar-refractivity contribution in [3.63, 3.8) is 0 Å². The summed E-state index contributed by atoms with van der Waals surface area (Å²) in [7, 11) is -5.91. The predicted octanol–water partition coefficient (Wildman–Crippen LogP) is 1.23. The molecule has 0 aliphatic carbocycles. The number of rotatable bonds is 3. The molecule has 14 heteroatoms. The molecule has 1 heterocycles. The minimum Gasteiger partial charge on any atom is -0.317 e. The van der Waals surface area contributed by atoms with Gasteiger partial charge in [-0.2, -0.15) is 26.0 Å². The molecule has 0 atom stereocenters. The number of hydrogen-bond acceptors (Lipinski definition) is 6. The molecule has 0 unspecified atom stereocenters. The maximum atomic E-state index is 13.4. The highest BCUT2D eigenvalue weighted by Crippen LogP contribution is 2.25. The number of anilines is 1. The first-order valence-electron chi connectivity index (χ1n) is 5.39. The largest absolute Gasteiger partial charge is 0.516 e. The molecule has 1 aromatic carbocycles. The lowest BCUT2D eigenvalue weighted by molar-refractivity contribution is -0.387. The standard InChI is InChI=1S/C9H4F4N4O5S/c10-3-1-4-5(2-6(3)17(19)20)15-8(18)7(14-4)16-23(21,22)9(11,12)13/h1-2H,(H,14,16)(H,15,18). The summed E-state index contributed by atoms with van der Waals surface area (Å²) in [6, 6.07) is 1.07. The molecule has 0 saturated heterocycles. The topological polar surface area (TPSA) is 135 Å². The van der Waals surface area contributed by atoms with E-state index in [-0.39, 0.29) is 5.52 Å². The van der Waals surface area contributed by atoms with Crippen LogP contribution in [-0.2, 0) is 10.0 Å². The second-order valence-electron chi connectivity index (χ2n) is 4.04. The summed E-state index contributed by atoms with van der Waals surface area (Å²) in [5, 5.41) is 10.6. The van der Waals surface area contributed by atoms with E-state index in [0.717, 1.165) is 4.72 Å². The van der Waals surface area contributed by atoms with Gasteiger partial charge in [0, 0.05) is 12.1 Å². The summed E-state index contributed by atoms with van der Waals surface area (Å²) in [5.41, 5.74) is -8.95. The van der Waals surface area contributed by atoms with E-state index in [9.17, 15) is 40.9 Å². The van der Waals surface area contributed by atoms with Crippen molar-refractivity contribution in [2.24, 2.45) is 0 Å². The van der Waals surface area contributed by atoms with Gasteiger partial charge in [0.2, 0.25) is 11.6 Å². The Morgan fingerprint density at radius 2 is 1.91 bits per heavy atom. The van der Waals surface area contributed by atoms with Crippen LogP contribution in [0.5, 0.6) is 0 Å². The lowest BCUT2D eigenvalue weighted by Gasteiger charge is -2.09. The van der Waals surface area contributed by atoms with E-state index >= 15 is 0 Å². The molecule has 0 saturated carbocycles. The van der Waals surface area contributed by atoms with Crippen LogP contribution in [0.3, 0.4) is 0 Å². The average Bonchev–Trinajstić information content (AvgIpc) is 2.37. The van der Waals surface area contributed by atoms with Crippen molar-refractivity contribution in [2.45, 2.75) is 5.51 Å². The molecule has 0 spiro atoms. The van der Waals surface area contributed by atoms with Gasteiger partial charge in [-0.05, 0) is 0 Å². The highest BCUT2D eigenvalue weighted by molar-refractivity contribution is 7.93. The Bertz CT molecular complexity index is 968. The molecule has 0 radical (unpaired) electrons. The number of nitrogens with zero attached hydrogens (tertiary/aromatic N) is 2. The molecule has 1 aromatic heterocycles. The van der Waals surface area contributed by atoms with Gasteiger partial charge in [0.25, 0.3) is 5.56 Å². The van der Waals surface area contributed by atoms with Crippen LogP contribution < -0.4 is 10.3 Å². The van der Waals surface area contributed by atoms with Crippen LogP contribution in [0.2, 0.25) is 0 Å². The van der Waals surface area contributed by atoms with Gasteiger partial charge in [0.1, 0.15) is 0 Å². The molecule has 0 aliphatic rings. The number of aromatic amines is 1. The second-order valence-corrected chi connectivity index (χ2v) is 5.72. The van der Waals surface area contributed by atoms with E-state index in [1.165, 1.54) is 0 Å². The van der Waals surface area contributed by atoms with Gasteiger partial charge in [-0.3, -0.25) is 19.6 Å². The van der Waals surface area contributed by atoms with E-state index in [1.54, 1.807) is 0 Å². The van der Waals surface area contributed by atoms with Crippen molar-refractivity contribution in [2.75, 3.05) is 4.72 Å². The molecule has 2 rings (SSSR count). The number of H-pyrrole nitrogens is 1. The number of nitro benzene ring substituents is 1. The number of halogens is 4. The lowest BCUT2D eigenvalue weighted by atomic mass is 10.2. The number of alkyl halides is 3. The van der Waals surface area contributed by atoms with Crippen molar-refractivity contribution in [1.82, 2.24) is 9.97 Å². The van der Waals surface area contributed by atoms with E-state index in [1.807, 2.05) is 4.98 Å². The van der Waals surface area contributed by atoms with Crippen LogP contribution in [0.25, 0.3) is 11.0 Å². The minimum atomic E-state index is -5.91. The normalized spacial score (nSPS) is 12.3. The first-order valence-corrected chi connectivity index (χ1v) is 6.88. The van der Waals surface area contributed by atoms with Gasteiger partial charge in [0.05, 0.1) is 16.0 Å². The summed E-state index contributed by atoms with van der Waals surface area (Å²) in [4.78, 5) is 26.1. The highest BCUT2D eigenvalue weighted by atomic mass is 32.2. The van der Waals surface area contributed by atoms with Gasteiger partial charge in [-0.25, -0.2) is 4.98 Å². The minimum absolute atomic E-state index is 0.363. The van der Waals surface area contributed by atoms with Crippen LogP contribution in [0.4, 0.5) is 29.1 Å². The van der Waals surface area contributed by atoms with E-state index < -0.39 is 48.9 Å². The van der Waals surface area contributed by atoms with Gasteiger partial charge in [-0.15, -0.1) is 0 Å². The van der Waals surface area contributed by atoms with Crippen LogP contribution in [0.1, 0.15) is 0 Å². The van der Waals surface area contributed by atoms with Crippen molar-refractivity contribution in [1.29, 1.82) is 0 Å². The molecule has 0 fully saturated rings. The summed E-state index contributed by atoms with van der Waals surface area (Å²) >= 11 is 0. The number of nitrogens with one attached hydrogen (secondary N) is 2. The maximum Gasteiger partial charge on any atom is 0.516 e. The Balaban J connectivity index is 2.61. The monoisotopic (exact) mass is 356 g/mol. The summed E-state index contributed by atoms with van der Waals surface area (Å²) in [6.45, 7) is 0. The Hall–Kier alpha value is -2.77. The molecule has 9 nitrogen and oxygen atoms in total. The van der Waals surface area contributed by atoms with Crippen LogP contribution in [0.15, 0.2) is 16.9 Å². The van der Waals surface area contributed by atoms with E-state index in [4.69, 9.17) is 0 Å². The third-order valence-corrected chi connectivity index (χ3v) is 3.56. The Labute approximate surface area is 123 Å². The van der Waals surface area contributed by atoms with Gasteiger partial charge >= 0.3 is 21.2 Å². The lowest BCUT2D eigenvalue weighted by Crippen LogP contribution is -2.32. The fraction of sp³-hybridized carbons (Fsp3) is 0.111. The Morgan fingerprint density at radius 1 is 1.30 bits per heavy atom.